The lowest BCUT2D eigenvalue weighted by Gasteiger charge is -2.26. The molecule has 0 aliphatic heterocycles. The largest absolute Gasteiger partial charge is 0.466 e. The van der Waals surface area contributed by atoms with E-state index in [2.05, 4.69) is 5.32 Å². The van der Waals surface area contributed by atoms with E-state index in [1.165, 1.54) is 37.3 Å². The van der Waals surface area contributed by atoms with Crippen LogP contribution in [0.2, 0.25) is 0 Å². The third-order valence-electron chi connectivity index (χ3n) is 3.23. The quantitative estimate of drug-likeness (QED) is 0.179. The molecule has 0 fully saturated rings. The van der Waals surface area contributed by atoms with E-state index >= 15 is 0 Å². The standard InChI is InChI=1S/C17H13Cl3N2O6/c1-10(23)27-14-8-3-2-7-13(14)15(24)21-16(17(18,19)20)28-12-6-4-5-11(9-12)22(25)26/h2-9,16H,1H3,(H,21,24). The van der Waals surface area contributed by atoms with Gasteiger partial charge in [-0.3, -0.25) is 19.7 Å². The number of nitro benzene ring substituents is 1. The average Bonchev–Trinajstić information content (AvgIpc) is 2.60. The van der Waals surface area contributed by atoms with Crippen LogP contribution in [0.4, 0.5) is 5.69 Å². The van der Waals surface area contributed by atoms with Gasteiger partial charge in [-0.25, -0.2) is 0 Å². The number of carbonyl (C=O) groups is 2. The first-order valence-corrected chi connectivity index (χ1v) is 8.77. The molecule has 148 valence electrons. The molecule has 0 bridgehead atoms. The maximum Gasteiger partial charge on any atom is 0.308 e. The van der Waals surface area contributed by atoms with E-state index in [9.17, 15) is 19.7 Å². The van der Waals surface area contributed by atoms with Crippen molar-refractivity contribution < 1.29 is 24.0 Å². The Morgan fingerprint density at radius 2 is 1.82 bits per heavy atom. The molecule has 0 aliphatic rings. The molecule has 0 spiro atoms. The molecular formula is C17H13Cl3N2O6. The molecule has 1 N–H and O–H groups in total. The second-order valence-corrected chi connectivity index (χ2v) is 7.73. The first-order valence-electron chi connectivity index (χ1n) is 7.64. The van der Waals surface area contributed by atoms with E-state index < -0.39 is 26.8 Å². The fourth-order valence-corrected chi connectivity index (χ4v) is 2.38. The van der Waals surface area contributed by atoms with Crippen molar-refractivity contribution in [3.05, 3.63) is 64.2 Å². The molecule has 0 aliphatic carbocycles. The first-order chi connectivity index (χ1) is 13.1. The third kappa shape index (κ3) is 5.98. The minimum absolute atomic E-state index is 0.000378. The lowest BCUT2D eigenvalue weighted by Crippen LogP contribution is -2.47. The number of nitrogens with zero attached hydrogens (tertiary/aromatic N) is 1. The number of carbonyl (C=O) groups excluding carboxylic acids is 2. The number of esters is 1. The van der Waals surface area contributed by atoms with Crippen LogP contribution >= 0.6 is 34.8 Å². The molecule has 1 unspecified atom stereocenters. The van der Waals surface area contributed by atoms with Crippen molar-refractivity contribution in [2.45, 2.75) is 16.9 Å². The Balaban J connectivity index is 2.26. The van der Waals surface area contributed by atoms with Crippen LogP contribution in [0.15, 0.2) is 48.5 Å². The van der Waals surface area contributed by atoms with Gasteiger partial charge in [-0.1, -0.05) is 53.0 Å². The monoisotopic (exact) mass is 446 g/mol. The molecule has 0 saturated heterocycles. The highest BCUT2D eigenvalue weighted by molar-refractivity contribution is 6.68. The van der Waals surface area contributed by atoms with Gasteiger partial charge in [0.1, 0.15) is 11.5 Å². The lowest BCUT2D eigenvalue weighted by molar-refractivity contribution is -0.384. The summed E-state index contributed by atoms with van der Waals surface area (Å²) >= 11 is 17.6. The maximum absolute atomic E-state index is 12.6. The van der Waals surface area contributed by atoms with Crippen LogP contribution in [0.1, 0.15) is 17.3 Å². The summed E-state index contributed by atoms with van der Waals surface area (Å²) in [5, 5.41) is 13.3. The Morgan fingerprint density at radius 1 is 1.14 bits per heavy atom. The number of halogens is 3. The minimum atomic E-state index is -2.11. The van der Waals surface area contributed by atoms with Crippen molar-refractivity contribution in [3.8, 4) is 11.5 Å². The molecular weight excluding hydrogens is 435 g/mol. The summed E-state index contributed by atoms with van der Waals surface area (Å²) in [7, 11) is 0. The fraction of sp³-hybridized carbons (Fsp3) is 0.176. The summed E-state index contributed by atoms with van der Waals surface area (Å²) in [6.07, 6.45) is -1.50. The molecule has 11 heteroatoms. The molecule has 28 heavy (non-hydrogen) atoms. The number of rotatable bonds is 6. The molecule has 0 radical (unpaired) electrons. The van der Waals surface area contributed by atoms with E-state index in [-0.39, 0.29) is 22.7 Å². The molecule has 0 heterocycles. The molecule has 2 rings (SSSR count). The fourth-order valence-electron chi connectivity index (χ4n) is 2.08. The molecule has 0 aromatic heterocycles. The summed E-state index contributed by atoms with van der Waals surface area (Å²) in [6.45, 7) is 1.18. The number of amides is 1. The van der Waals surface area contributed by atoms with Gasteiger partial charge in [0, 0.05) is 13.0 Å². The molecule has 1 amide bonds. The lowest BCUT2D eigenvalue weighted by atomic mass is 10.2. The van der Waals surface area contributed by atoms with Crippen molar-refractivity contribution in [1.82, 2.24) is 5.32 Å². The zero-order valence-corrected chi connectivity index (χ0v) is 16.5. The second kappa shape index (κ2) is 9.09. The zero-order chi connectivity index (χ0) is 20.9. The number of hydrogen-bond acceptors (Lipinski definition) is 6. The number of nitro groups is 1. The van der Waals surface area contributed by atoms with Gasteiger partial charge in [-0.15, -0.1) is 0 Å². The topological polar surface area (TPSA) is 108 Å². The van der Waals surface area contributed by atoms with Gasteiger partial charge in [0.2, 0.25) is 10.0 Å². The second-order valence-electron chi connectivity index (χ2n) is 5.36. The molecule has 2 aromatic carbocycles. The van der Waals surface area contributed by atoms with Crippen LogP contribution in [-0.4, -0.2) is 26.8 Å². The number of benzene rings is 2. The van der Waals surface area contributed by atoms with E-state index in [4.69, 9.17) is 44.3 Å². The van der Waals surface area contributed by atoms with Crippen LogP contribution < -0.4 is 14.8 Å². The highest BCUT2D eigenvalue weighted by Crippen LogP contribution is 2.33. The number of hydrogen-bond donors (Lipinski definition) is 1. The minimum Gasteiger partial charge on any atom is -0.466 e. The van der Waals surface area contributed by atoms with Gasteiger partial charge < -0.3 is 14.8 Å². The van der Waals surface area contributed by atoms with Crippen molar-refractivity contribution in [2.75, 3.05) is 0 Å². The number of alkyl halides is 3. The number of ether oxygens (including phenoxy) is 2. The van der Waals surface area contributed by atoms with E-state index in [0.29, 0.717) is 0 Å². The van der Waals surface area contributed by atoms with E-state index in [1.807, 2.05) is 0 Å². The Bertz CT molecular complexity index is 900. The summed E-state index contributed by atoms with van der Waals surface area (Å²) in [5.41, 5.74) is -0.244. The Hall–Kier alpha value is -2.55. The summed E-state index contributed by atoms with van der Waals surface area (Å²) in [6, 6.07) is 11.1. The Morgan fingerprint density at radius 3 is 2.43 bits per heavy atom. The van der Waals surface area contributed by atoms with Gasteiger partial charge in [-0.2, -0.15) is 0 Å². The first kappa shape index (κ1) is 21.7. The van der Waals surface area contributed by atoms with Crippen molar-refractivity contribution in [2.24, 2.45) is 0 Å². The van der Waals surface area contributed by atoms with Crippen LogP contribution in [0.3, 0.4) is 0 Å². The zero-order valence-electron chi connectivity index (χ0n) is 14.2. The Kier molecular flexibility index (Phi) is 7.06. The smallest absolute Gasteiger partial charge is 0.308 e. The third-order valence-corrected chi connectivity index (χ3v) is 3.82. The highest BCUT2D eigenvalue weighted by Gasteiger charge is 2.37. The molecule has 2 aromatic rings. The van der Waals surface area contributed by atoms with Gasteiger partial charge >= 0.3 is 5.97 Å². The number of non-ortho nitro benzene ring substituents is 1. The van der Waals surface area contributed by atoms with Gasteiger partial charge in [0.25, 0.3) is 11.6 Å². The van der Waals surface area contributed by atoms with Crippen LogP contribution in [-0.2, 0) is 4.79 Å². The van der Waals surface area contributed by atoms with Gasteiger partial charge in [0.15, 0.2) is 0 Å². The normalized spacial score (nSPS) is 12.0. The van der Waals surface area contributed by atoms with Crippen LogP contribution in [0, 0.1) is 10.1 Å². The molecule has 0 saturated carbocycles. The predicted octanol–water partition coefficient (Wildman–Crippen LogP) is 4.03. The van der Waals surface area contributed by atoms with Crippen LogP contribution in [0.5, 0.6) is 11.5 Å². The summed E-state index contributed by atoms with van der Waals surface area (Å²) < 4.78 is 8.31. The van der Waals surface area contributed by atoms with E-state index in [0.717, 1.165) is 6.07 Å². The summed E-state index contributed by atoms with van der Waals surface area (Å²) in [4.78, 5) is 34.1. The van der Waals surface area contributed by atoms with Gasteiger partial charge in [-0.05, 0) is 18.2 Å². The van der Waals surface area contributed by atoms with Crippen LogP contribution in [0.25, 0.3) is 0 Å². The number of para-hydroxylation sites is 1. The van der Waals surface area contributed by atoms with Crippen molar-refractivity contribution in [1.29, 1.82) is 0 Å². The van der Waals surface area contributed by atoms with Gasteiger partial charge in [0.05, 0.1) is 16.6 Å². The average molecular weight is 448 g/mol. The number of nitrogens with one attached hydrogen (secondary N) is 1. The summed E-state index contributed by atoms with van der Waals surface area (Å²) in [5.74, 6) is -1.37. The molecule has 1 atom stereocenters. The highest BCUT2D eigenvalue weighted by atomic mass is 35.6. The maximum atomic E-state index is 12.6. The molecule has 8 nitrogen and oxygen atoms in total. The SMILES string of the molecule is CC(=O)Oc1ccccc1C(=O)NC(Oc1cccc([N+](=O)[O-])c1)C(Cl)(Cl)Cl. The van der Waals surface area contributed by atoms with Crippen molar-refractivity contribution >= 4 is 52.4 Å². The predicted molar refractivity (Wildman–Crippen MR) is 103 cm³/mol. The van der Waals surface area contributed by atoms with E-state index in [1.54, 1.807) is 12.1 Å². The van der Waals surface area contributed by atoms with Crippen molar-refractivity contribution in [3.63, 3.8) is 0 Å². The Labute approximate surface area is 174 Å².